The van der Waals surface area contributed by atoms with Gasteiger partial charge in [0.15, 0.2) is 0 Å². The average Bonchev–Trinajstić information content (AvgIpc) is 3.20. The first-order valence-corrected chi connectivity index (χ1v) is 10.1. The zero-order valence-electron chi connectivity index (χ0n) is 17.2. The molecule has 2 heterocycles. The van der Waals surface area contributed by atoms with Crippen molar-refractivity contribution in [1.29, 1.82) is 0 Å². The van der Waals surface area contributed by atoms with Gasteiger partial charge in [0, 0.05) is 11.8 Å². The van der Waals surface area contributed by atoms with Gasteiger partial charge in [-0.25, -0.2) is 4.98 Å². The Morgan fingerprint density at radius 1 is 0.969 bits per heavy atom. The molecule has 2 unspecified atom stereocenters. The van der Waals surface area contributed by atoms with Gasteiger partial charge in [-0.05, 0) is 42.0 Å². The van der Waals surface area contributed by atoms with E-state index >= 15 is 0 Å². The summed E-state index contributed by atoms with van der Waals surface area (Å²) in [5, 5.41) is 11.6. The molecule has 0 fully saturated rings. The molecule has 0 spiro atoms. The van der Waals surface area contributed by atoms with Crippen LogP contribution in [0.2, 0.25) is 0 Å². The molecule has 1 aromatic heterocycles. The van der Waals surface area contributed by atoms with Crippen LogP contribution in [0.25, 0.3) is 0 Å². The molecule has 2 atom stereocenters. The summed E-state index contributed by atoms with van der Waals surface area (Å²) in [5.74, 6) is 0.0805. The van der Waals surface area contributed by atoms with Gasteiger partial charge in [-0.15, -0.1) is 0 Å². The molecule has 4 rings (SSSR count). The van der Waals surface area contributed by atoms with E-state index in [9.17, 15) is 9.59 Å². The number of benzene rings is 2. The molecular weight excluding hydrogens is 406 g/mol. The lowest BCUT2D eigenvalue weighted by molar-refractivity contribution is -0.117. The topological polar surface area (TPSA) is 139 Å². The van der Waals surface area contributed by atoms with Crippen LogP contribution in [0.5, 0.6) is 0 Å². The number of pyridine rings is 1. The van der Waals surface area contributed by atoms with Gasteiger partial charge >= 0.3 is 0 Å². The highest BCUT2D eigenvalue weighted by Gasteiger charge is 2.26. The Labute approximate surface area is 185 Å². The Morgan fingerprint density at radius 2 is 1.69 bits per heavy atom. The normalized spacial score (nSPS) is 16.2. The standard InChI is InChI=1S/C23H23N7O2/c24-18-14-30(17-6-2-1-3-7-17)29-21(18)28-22(31)16-11-9-15(10-12-16)20(25)23(32)27-19-8-4-5-13-26-19/h1-13,18,20H,14,24-25H2,(H,26,27,32)(H,28,29,31). The number of para-hydroxylation sites is 1. The van der Waals surface area contributed by atoms with Crippen molar-refractivity contribution in [2.24, 2.45) is 16.6 Å². The maximum atomic E-state index is 12.7. The third-order valence-corrected chi connectivity index (χ3v) is 4.98. The van der Waals surface area contributed by atoms with Crippen LogP contribution in [-0.2, 0) is 4.79 Å². The van der Waals surface area contributed by atoms with Crippen molar-refractivity contribution >= 4 is 29.2 Å². The van der Waals surface area contributed by atoms with Crippen molar-refractivity contribution in [1.82, 2.24) is 10.3 Å². The Hall–Kier alpha value is -4.08. The van der Waals surface area contributed by atoms with E-state index in [1.165, 1.54) is 0 Å². The molecular formula is C23H23N7O2. The summed E-state index contributed by atoms with van der Waals surface area (Å²) < 4.78 is 0. The van der Waals surface area contributed by atoms with Crippen LogP contribution in [0.15, 0.2) is 84.1 Å². The zero-order valence-corrected chi connectivity index (χ0v) is 17.2. The summed E-state index contributed by atoms with van der Waals surface area (Å²) in [6.45, 7) is 0.471. The molecule has 0 bridgehead atoms. The van der Waals surface area contributed by atoms with Crippen molar-refractivity contribution in [2.75, 3.05) is 16.9 Å². The zero-order chi connectivity index (χ0) is 22.5. The van der Waals surface area contributed by atoms with Gasteiger partial charge in [-0.1, -0.05) is 36.4 Å². The van der Waals surface area contributed by atoms with Crippen molar-refractivity contribution in [3.8, 4) is 0 Å². The van der Waals surface area contributed by atoms with Gasteiger partial charge in [0.2, 0.25) is 5.91 Å². The molecule has 3 aromatic rings. The number of amidine groups is 1. The number of aromatic nitrogens is 1. The lowest BCUT2D eigenvalue weighted by atomic mass is 10.0. The Balaban J connectivity index is 1.39. The number of hydrogen-bond acceptors (Lipinski definition) is 7. The number of nitrogens with zero attached hydrogens (tertiary/aromatic N) is 3. The van der Waals surface area contributed by atoms with Crippen LogP contribution < -0.4 is 27.1 Å². The predicted octanol–water partition coefficient (Wildman–Crippen LogP) is 1.61. The van der Waals surface area contributed by atoms with E-state index in [1.807, 2.05) is 30.3 Å². The van der Waals surface area contributed by atoms with Crippen LogP contribution in [-0.4, -0.2) is 35.2 Å². The number of carbonyl (C=O) groups is 2. The Morgan fingerprint density at radius 3 is 2.38 bits per heavy atom. The van der Waals surface area contributed by atoms with Crippen LogP contribution in [0.3, 0.4) is 0 Å². The molecule has 0 radical (unpaired) electrons. The molecule has 2 aromatic carbocycles. The van der Waals surface area contributed by atoms with Gasteiger partial charge in [-0.3, -0.25) is 14.6 Å². The summed E-state index contributed by atoms with van der Waals surface area (Å²) in [6, 6.07) is 20.0. The third kappa shape index (κ3) is 4.80. The van der Waals surface area contributed by atoms with Crippen LogP contribution in [0.1, 0.15) is 22.0 Å². The molecule has 2 amide bonds. The third-order valence-electron chi connectivity index (χ3n) is 4.98. The van der Waals surface area contributed by atoms with Gasteiger partial charge in [0.1, 0.15) is 17.7 Å². The fourth-order valence-electron chi connectivity index (χ4n) is 3.22. The summed E-state index contributed by atoms with van der Waals surface area (Å²) in [5.41, 5.74) is 14.1. The smallest absolute Gasteiger partial charge is 0.256 e. The first-order valence-electron chi connectivity index (χ1n) is 10.1. The van der Waals surface area contributed by atoms with E-state index in [-0.39, 0.29) is 5.91 Å². The lowest BCUT2D eigenvalue weighted by Crippen LogP contribution is -2.43. The molecule has 0 saturated heterocycles. The molecule has 6 N–H and O–H groups in total. The largest absolute Gasteiger partial charge is 0.320 e. The van der Waals surface area contributed by atoms with Crippen LogP contribution >= 0.6 is 0 Å². The van der Waals surface area contributed by atoms with Crippen molar-refractivity contribution in [2.45, 2.75) is 12.1 Å². The minimum Gasteiger partial charge on any atom is -0.320 e. The second-order valence-corrected chi connectivity index (χ2v) is 7.27. The van der Waals surface area contributed by atoms with E-state index in [4.69, 9.17) is 11.5 Å². The SMILES string of the molecule is NC1CN(c2ccccc2)N=C1NC(=O)c1ccc(C(N)C(=O)Nc2ccccn2)cc1. The van der Waals surface area contributed by atoms with E-state index in [1.54, 1.807) is 53.7 Å². The number of nitrogens with one attached hydrogen (secondary N) is 2. The maximum absolute atomic E-state index is 12.7. The van der Waals surface area contributed by atoms with E-state index in [0.717, 1.165) is 5.69 Å². The monoisotopic (exact) mass is 429 g/mol. The van der Waals surface area contributed by atoms with Crippen LogP contribution in [0, 0.1) is 0 Å². The van der Waals surface area contributed by atoms with Gasteiger partial charge < -0.3 is 22.1 Å². The van der Waals surface area contributed by atoms with Gasteiger partial charge in [0.05, 0.1) is 18.3 Å². The maximum Gasteiger partial charge on any atom is 0.256 e. The highest BCUT2D eigenvalue weighted by Crippen LogP contribution is 2.18. The second kappa shape index (κ2) is 9.38. The lowest BCUT2D eigenvalue weighted by Gasteiger charge is -2.13. The number of amides is 2. The van der Waals surface area contributed by atoms with Crippen molar-refractivity contribution in [3.63, 3.8) is 0 Å². The van der Waals surface area contributed by atoms with Crippen molar-refractivity contribution in [3.05, 3.63) is 90.1 Å². The summed E-state index contributed by atoms with van der Waals surface area (Å²) in [7, 11) is 0. The first-order chi connectivity index (χ1) is 15.5. The highest BCUT2D eigenvalue weighted by atomic mass is 16.2. The summed E-state index contributed by atoms with van der Waals surface area (Å²) in [4.78, 5) is 29.1. The molecule has 9 nitrogen and oxygen atoms in total. The fraction of sp³-hybridized carbons (Fsp3) is 0.130. The quantitative estimate of drug-likeness (QED) is 0.486. The summed E-state index contributed by atoms with van der Waals surface area (Å²) in [6.07, 6.45) is 1.58. The number of carbonyl (C=O) groups excluding carboxylic acids is 2. The number of hydrogen-bond donors (Lipinski definition) is 4. The molecule has 0 saturated carbocycles. The first kappa shape index (κ1) is 21.2. The van der Waals surface area contributed by atoms with Crippen LogP contribution in [0.4, 0.5) is 11.5 Å². The second-order valence-electron chi connectivity index (χ2n) is 7.27. The molecule has 1 aliphatic rings. The van der Waals surface area contributed by atoms with E-state index < -0.39 is 18.0 Å². The number of rotatable bonds is 5. The molecule has 32 heavy (non-hydrogen) atoms. The van der Waals surface area contributed by atoms with Gasteiger partial charge in [-0.2, -0.15) is 5.10 Å². The summed E-state index contributed by atoms with van der Waals surface area (Å²) >= 11 is 0. The van der Waals surface area contributed by atoms with E-state index in [2.05, 4.69) is 20.7 Å². The van der Waals surface area contributed by atoms with Crippen molar-refractivity contribution < 1.29 is 9.59 Å². The number of nitrogens with two attached hydrogens (primary N) is 2. The average molecular weight is 429 g/mol. The van der Waals surface area contributed by atoms with E-state index in [0.29, 0.717) is 29.3 Å². The Kier molecular flexibility index (Phi) is 6.20. The molecule has 9 heteroatoms. The predicted molar refractivity (Wildman–Crippen MR) is 123 cm³/mol. The van der Waals surface area contributed by atoms with Gasteiger partial charge in [0.25, 0.3) is 5.91 Å². The number of hydrazone groups is 1. The molecule has 1 aliphatic heterocycles. The minimum atomic E-state index is -0.902. The molecule has 0 aliphatic carbocycles. The minimum absolute atomic E-state index is 0.341. The fourth-order valence-corrected chi connectivity index (χ4v) is 3.22. The molecule has 162 valence electrons. The number of anilines is 2. The highest BCUT2D eigenvalue weighted by molar-refractivity contribution is 6.09. The Bertz CT molecular complexity index is 1120.